The third-order valence-corrected chi connectivity index (χ3v) is 5.43. The highest BCUT2D eigenvalue weighted by atomic mass is 16.3. The first-order valence-corrected chi connectivity index (χ1v) is 10.9. The lowest BCUT2D eigenvalue weighted by atomic mass is 10.00. The Labute approximate surface area is 179 Å². The molecule has 2 aromatic heterocycles. The van der Waals surface area contributed by atoms with E-state index in [1.54, 1.807) is 17.8 Å². The molecule has 8 heteroatoms. The Bertz CT molecular complexity index is 805. The van der Waals surface area contributed by atoms with Crippen LogP contribution in [0.1, 0.15) is 50.7 Å². The van der Waals surface area contributed by atoms with Gasteiger partial charge in [-0.1, -0.05) is 18.9 Å². The largest absolute Gasteiger partial charge is 0.383 e. The van der Waals surface area contributed by atoms with E-state index in [-0.39, 0.29) is 0 Å². The predicted molar refractivity (Wildman–Crippen MR) is 121 cm³/mol. The van der Waals surface area contributed by atoms with Crippen LogP contribution in [0.4, 0.5) is 5.82 Å². The lowest BCUT2D eigenvalue weighted by Gasteiger charge is -2.23. The molecule has 0 aliphatic carbocycles. The number of pyridine rings is 1. The molecule has 1 fully saturated rings. The molecular weight excluding hydrogens is 378 g/mol. The number of hydrogen-bond donors (Lipinski definition) is 3. The fraction of sp³-hybridized carbons (Fsp3) is 0.591. The summed E-state index contributed by atoms with van der Waals surface area (Å²) >= 11 is 0. The first kappa shape index (κ1) is 22.1. The second-order valence-corrected chi connectivity index (χ2v) is 8.15. The van der Waals surface area contributed by atoms with Crippen molar-refractivity contribution in [2.75, 3.05) is 31.1 Å². The number of aliphatic hydroxyl groups is 1. The highest BCUT2D eigenvalue weighted by molar-refractivity contribution is 5.79. The minimum Gasteiger partial charge on any atom is -0.383 e. The molecule has 164 valence electrons. The van der Waals surface area contributed by atoms with Crippen molar-refractivity contribution >= 4 is 11.8 Å². The molecule has 2 aromatic rings. The Morgan fingerprint density at radius 3 is 2.53 bits per heavy atom. The summed E-state index contributed by atoms with van der Waals surface area (Å²) in [4.78, 5) is 11.7. The highest BCUT2D eigenvalue weighted by Gasteiger charge is 2.25. The monoisotopic (exact) mass is 413 g/mol. The Morgan fingerprint density at radius 2 is 1.93 bits per heavy atom. The van der Waals surface area contributed by atoms with Crippen LogP contribution in [0, 0.1) is 0 Å². The number of aromatic nitrogens is 3. The number of anilines is 1. The van der Waals surface area contributed by atoms with Crippen molar-refractivity contribution in [1.29, 1.82) is 0 Å². The number of guanidine groups is 1. The van der Waals surface area contributed by atoms with E-state index in [2.05, 4.69) is 42.7 Å². The van der Waals surface area contributed by atoms with Gasteiger partial charge in [0.2, 0.25) is 0 Å². The zero-order chi connectivity index (χ0) is 21.4. The van der Waals surface area contributed by atoms with Crippen LogP contribution in [0.5, 0.6) is 0 Å². The number of aryl methyl sites for hydroxylation is 1. The van der Waals surface area contributed by atoms with E-state index < -0.39 is 5.60 Å². The van der Waals surface area contributed by atoms with Gasteiger partial charge in [0.1, 0.15) is 11.4 Å². The lowest BCUT2D eigenvalue weighted by Crippen LogP contribution is -2.44. The van der Waals surface area contributed by atoms with Crippen molar-refractivity contribution in [3.8, 4) is 0 Å². The standard InChI is InChI=1S/C22H35N7O/c1-4-23-21(26-17-22(2,30)19-15-27-28(3)16-19)25-14-18-9-10-20(24-13-18)29-11-7-5-6-8-12-29/h9-10,13,15-16,30H,4-8,11-12,14,17H2,1-3H3,(H2,23,25,26). The molecule has 8 nitrogen and oxygen atoms in total. The van der Waals surface area contributed by atoms with Crippen molar-refractivity contribution < 1.29 is 5.11 Å². The molecular formula is C22H35N7O. The van der Waals surface area contributed by atoms with Crippen LogP contribution >= 0.6 is 0 Å². The molecule has 0 bridgehead atoms. The lowest BCUT2D eigenvalue weighted by molar-refractivity contribution is 0.0616. The van der Waals surface area contributed by atoms with Gasteiger partial charge in [-0.3, -0.25) is 4.68 Å². The van der Waals surface area contributed by atoms with Crippen LogP contribution in [0.2, 0.25) is 0 Å². The van der Waals surface area contributed by atoms with E-state index in [0.29, 0.717) is 19.0 Å². The average molecular weight is 414 g/mol. The quantitative estimate of drug-likeness (QED) is 0.476. The summed E-state index contributed by atoms with van der Waals surface area (Å²) in [5, 5.41) is 21.4. The maximum Gasteiger partial charge on any atom is 0.191 e. The molecule has 0 radical (unpaired) electrons. The summed E-state index contributed by atoms with van der Waals surface area (Å²) in [6.07, 6.45) is 10.5. The Morgan fingerprint density at radius 1 is 1.17 bits per heavy atom. The second kappa shape index (κ2) is 10.4. The normalized spacial score (nSPS) is 17.3. The fourth-order valence-corrected chi connectivity index (χ4v) is 3.57. The molecule has 30 heavy (non-hydrogen) atoms. The first-order valence-electron chi connectivity index (χ1n) is 10.9. The summed E-state index contributed by atoms with van der Waals surface area (Å²) in [6.45, 7) is 7.58. The van der Waals surface area contributed by atoms with Gasteiger partial charge in [0.25, 0.3) is 0 Å². The minimum absolute atomic E-state index is 0.330. The van der Waals surface area contributed by atoms with Gasteiger partial charge in [0.15, 0.2) is 5.96 Å². The molecule has 1 atom stereocenters. The summed E-state index contributed by atoms with van der Waals surface area (Å²) < 4.78 is 1.69. The number of aliphatic imine (C=N–C) groups is 1. The molecule has 1 aliphatic heterocycles. The van der Waals surface area contributed by atoms with E-state index in [1.165, 1.54) is 25.7 Å². The van der Waals surface area contributed by atoms with Gasteiger partial charge in [0.05, 0.1) is 19.3 Å². The van der Waals surface area contributed by atoms with E-state index in [0.717, 1.165) is 36.6 Å². The first-order chi connectivity index (χ1) is 14.5. The number of nitrogens with zero attached hydrogens (tertiary/aromatic N) is 5. The SMILES string of the molecule is CCNC(=NCc1ccc(N2CCCCCC2)nc1)NCC(C)(O)c1cnn(C)c1. The molecule has 0 amide bonds. The van der Waals surface area contributed by atoms with E-state index in [9.17, 15) is 5.11 Å². The van der Waals surface area contributed by atoms with Crippen LogP contribution < -0.4 is 15.5 Å². The fourth-order valence-electron chi connectivity index (χ4n) is 3.57. The minimum atomic E-state index is -1.04. The summed E-state index contributed by atoms with van der Waals surface area (Å²) in [5.41, 5.74) is 0.785. The van der Waals surface area contributed by atoms with Crippen molar-refractivity contribution in [3.05, 3.63) is 41.9 Å². The molecule has 1 aliphatic rings. The van der Waals surface area contributed by atoms with Crippen molar-refractivity contribution in [1.82, 2.24) is 25.4 Å². The summed E-state index contributed by atoms with van der Waals surface area (Å²) in [7, 11) is 1.84. The van der Waals surface area contributed by atoms with Gasteiger partial charge in [-0.2, -0.15) is 5.10 Å². The number of nitrogens with one attached hydrogen (secondary N) is 2. The Balaban J connectivity index is 1.58. The predicted octanol–water partition coefficient (Wildman–Crippen LogP) is 2.16. The Hall–Kier alpha value is -2.61. The summed E-state index contributed by atoms with van der Waals surface area (Å²) in [5.74, 6) is 1.72. The number of hydrogen-bond acceptors (Lipinski definition) is 5. The number of rotatable bonds is 7. The maximum absolute atomic E-state index is 10.8. The highest BCUT2D eigenvalue weighted by Crippen LogP contribution is 2.19. The van der Waals surface area contributed by atoms with Gasteiger partial charge in [0, 0.05) is 44.6 Å². The van der Waals surface area contributed by atoms with E-state index >= 15 is 0 Å². The summed E-state index contributed by atoms with van der Waals surface area (Å²) in [6, 6.07) is 4.20. The molecule has 0 aromatic carbocycles. The third kappa shape index (κ3) is 6.19. The molecule has 3 heterocycles. The van der Waals surface area contributed by atoms with E-state index in [1.807, 2.05) is 26.4 Å². The molecule has 0 saturated carbocycles. The molecule has 1 unspecified atom stereocenters. The van der Waals surface area contributed by atoms with Crippen LogP contribution in [-0.4, -0.2) is 52.0 Å². The van der Waals surface area contributed by atoms with Crippen molar-refractivity contribution in [2.45, 2.75) is 51.7 Å². The van der Waals surface area contributed by atoms with Crippen LogP contribution in [0.3, 0.4) is 0 Å². The van der Waals surface area contributed by atoms with Crippen LogP contribution in [0.15, 0.2) is 35.7 Å². The van der Waals surface area contributed by atoms with Crippen molar-refractivity contribution in [3.63, 3.8) is 0 Å². The van der Waals surface area contributed by atoms with Crippen LogP contribution in [0.25, 0.3) is 0 Å². The van der Waals surface area contributed by atoms with E-state index in [4.69, 9.17) is 0 Å². The molecule has 0 spiro atoms. The van der Waals surface area contributed by atoms with Gasteiger partial charge >= 0.3 is 0 Å². The van der Waals surface area contributed by atoms with Crippen LogP contribution in [-0.2, 0) is 19.2 Å². The van der Waals surface area contributed by atoms with Gasteiger partial charge < -0.3 is 20.6 Å². The maximum atomic E-state index is 10.8. The van der Waals surface area contributed by atoms with Gasteiger partial charge in [-0.05, 0) is 38.3 Å². The zero-order valence-corrected chi connectivity index (χ0v) is 18.4. The Kier molecular flexibility index (Phi) is 7.68. The second-order valence-electron chi connectivity index (χ2n) is 8.15. The molecule has 3 N–H and O–H groups in total. The van der Waals surface area contributed by atoms with Crippen molar-refractivity contribution in [2.24, 2.45) is 12.0 Å². The third-order valence-electron chi connectivity index (χ3n) is 5.43. The zero-order valence-electron chi connectivity index (χ0n) is 18.4. The van der Waals surface area contributed by atoms with Gasteiger partial charge in [-0.15, -0.1) is 0 Å². The molecule has 1 saturated heterocycles. The molecule has 3 rings (SSSR count). The average Bonchev–Trinajstić information content (AvgIpc) is 3.01. The smallest absolute Gasteiger partial charge is 0.191 e. The van der Waals surface area contributed by atoms with Gasteiger partial charge in [-0.25, -0.2) is 9.98 Å². The topological polar surface area (TPSA) is 90.6 Å².